The minimum Gasteiger partial charge on any atom is -0.497 e. The van der Waals surface area contributed by atoms with Crippen LogP contribution in [0.2, 0.25) is 0 Å². The normalized spacial score (nSPS) is 17.7. The lowest BCUT2D eigenvalue weighted by molar-refractivity contribution is -0.116. The number of hydrogen-bond donors (Lipinski definition) is 2. The molecule has 1 aromatic heterocycles. The van der Waals surface area contributed by atoms with Crippen LogP contribution in [0.4, 0.5) is 10.1 Å². The van der Waals surface area contributed by atoms with Gasteiger partial charge < -0.3 is 15.5 Å². The predicted molar refractivity (Wildman–Crippen MR) is 114 cm³/mol. The molecule has 9 heteroatoms. The zero-order chi connectivity index (χ0) is 21.1. The van der Waals surface area contributed by atoms with Crippen LogP contribution >= 0.6 is 11.8 Å². The van der Waals surface area contributed by atoms with Crippen LogP contribution in [0.1, 0.15) is 30.8 Å². The monoisotopic (exact) mass is 427 g/mol. The number of halogens is 1. The number of benzene rings is 2. The Kier molecular flexibility index (Phi) is 5.89. The number of anilines is 1. The van der Waals surface area contributed by atoms with Crippen LogP contribution in [0.15, 0.2) is 53.7 Å². The number of methoxy groups -OCH3 is 1. The van der Waals surface area contributed by atoms with Crippen molar-refractivity contribution in [2.75, 3.05) is 17.9 Å². The number of carbonyl (C=O) groups is 1. The van der Waals surface area contributed by atoms with Crippen LogP contribution in [0, 0.1) is 5.82 Å². The van der Waals surface area contributed by atoms with E-state index in [1.54, 1.807) is 25.3 Å². The van der Waals surface area contributed by atoms with Crippen molar-refractivity contribution in [3.8, 4) is 5.75 Å². The van der Waals surface area contributed by atoms with Crippen LogP contribution in [-0.4, -0.2) is 33.1 Å². The van der Waals surface area contributed by atoms with Gasteiger partial charge >= 0.3 is 0 Å². The number of amides is 1. The first-order chi connectivity index (χ1) is 14.6. The Bertz CT molecular complexity index is 1040. The molecule has 0 saturated heterocycles. The van der Waals surface area contributed by atoms with E-state index in [4.69, 9.17) is 4.74 Å². The Balaban J connectivity index is 1.67. The number of para-hydroxylation sites is 1. The van der Waals surface area contributed by atoms with Crippen LogP contribution in [0.5, 0.6) is 5.75 Å². The van der Waals surface area contributed by atoms with Gasteiger partial charge in [0.05, 0.1) is 18.8 Å². The molecule has 1 aliphatic rings. The lowest BCUT2D eigenvalue weighted by atomic mass is 10.0. The van der Waals surface area contributed by atoms with E-state index in [9.17, 15) is 9.18 Å². The van der Waals surface area contributed by atoms with Crippen molar-refractivity contribution in [2.45, 2.75) is 36.2 Å². The smallest absolute Gasteiger partial charge is 0.240 e. The fraction of sp³-hybridized carbons (Fsp3) is 0.286. The molecule has 0 spiro atoms. The molecule has 156 valence electrons. The molecule has 2 atom stereocenters. The summed E-state index contributed by atoms with van der Waals surface area (Å²) < 4.78 is 21.2. The van der Waals surface area contributed by atoms with Gasteiger partial charge in [0, 0.05) is 6.42 Å². The second-order valence-electron chi connectivity index (χ2n) is 6.87. The molecule has 0 bridgehead atoms. The van der Waals surface area contributed by atoms with Crippen molar-refractivity contribution >= 4 is 23.4 Å². The highest BCUT2D eigenvalue weighted by Crippen LogP contribution is 2.38. The Morgan fingerprint density at radius 2 is 2.00 bits per heavy atom. The molecule has 0 unspecified atom stereocenters. The molecule has 1 amide bonds. The minimum absolute atomic E-state index is 0.148. The zero-order valence-corrected chi connectivity index (χ0v) is 17.4. The molecule has 1 aliphatic heterocycles. The van der Waals surface area contributed by atoms with Crippen LogP contribution < -0.4 is 15.5 Å². The summed E-state index contributed by atoms with van der Waals surface area (Å²) in [5.74, 6) is 0.747. The predicted octanol–water partition coefficient (Wildman–Crippen LogP) is 3.78. The van der Waals surface area contributed by atoms with Gasteiger partial charge in [0.25, 0.3) is 0 Å². The maximum atomic E-state index is 14.1. The molecule has 3 aromatic rings. The van der Waals surface area contributed by atoms with E-state index in [-0.39, 0.29) is 17.6 Å². The summed E-state index contributed by atoms with van der Waals surface area (Å²) in [5.41, 5.74) is 4.44. The third kappa shape index (κ3) is 3.97. The van der Waals surface area contributed by atoms with E-state index < -0.39 is 11.1 Å². The molecular weight excluding hydrogens is 405 g/mol. The van der Waals surface area contributed by atoms with Crippen molar-refractivity contribution in [3.63, 3.8) is 0 Å². The maximum Gasteiger partial charge on any atom is 0.240 e. The Morgan fingerprint density at radius 3 is 2.70 bits per heavy atom. The Morgan fingerprint density at radius 1 is 1.23 bits per heavy atom. The minimum atomic E-state index is -0.579. The van der Waals surface area contributed by atoms with E-state index in [1.807, 2.05) is 28.9 Å². The quantitative estimate of drug-likeness (QED) is 0.623. The highest BCUT2D eigenvalue weighted by Gasteiger charge is 2.38. The summed E-state index contributed by atoms with van der Waals surface area (Å²) in [7, 11) is 1.61. The SMILES string of the molecule is CCCc1nnc2n1N[C@H](c1ccc(OC)cc1)[C@H](C(=O)Nc1ccccc1F)S2. The number of carbonyl (C=O) groups excluding carboxylic acids is 1. The van der Waals surface area contributed by atoms with E-state index in [1.165, 1.54) is 17.8 Å². The van der Waals surface area contributed by atoms with Gasteiger partial charge in [-0.3, -0.25) is 4.79 Å². The average molecular weight is 428 g/mol. The summed E-state index contributed by atoms with van der Waals surface area (Å²) >= 11 is 1.31. The summed E-state index contributed by atoms with van der Waals surface area (Å²) in [4.78, 5) is 13.1. The summed E-state index contributed by atoms with van der Waals surface area (Å²) in [5, 5.41) is 11.2. The molecule has 0 aliphatic carbocycles. The Labute approximate surface area is 178 Å². The average Bonchev–Trinajstić information content (AvgIpc) is 3.16. The van der Waals surface area contributed by atoms with E-state index in [0.29, 0.717) is 5.16 Å². The fourth-order valence-corrected chi connectivity index (χ4v) is 4.41. The number of nitrogens with one attached hydrogen (secondary N) is 2. The number of rotatable bonds is 6. The van der Waals surface area contributed by atoms with Gasteiger partial charge in [0.2, 0.25) is 11.1 Å². The molecular formula is C21H22FN5O2S. The van der Waals surface area contributed by atoms with Gasteiger partial charge in [-0.05, 0) is 36.2 Å². The molecule has 2 N–H and O–H groups in total. The molecule has 0 radical (unpaired) electrons. The Hall–Kier alpha value is -3.07. The van der Waals surface area contributed by atoms with Gasteiger partial charge in [0.15, 0.2) is 5.82 Å². The number of nitrogens with zero attached hydrogens (tertiary/aromatic N) is 3. The van der Waals surface area contributed by atoms with Gasteiger partial charge in [-0.15, -0.1) is 10.2 Å². The topological polar surface area (TPSA) is 81.1 Å². The maximum absolute atomic E-state index is 14.1. The largest absolute Gasteiger partial charge is 0.497 e. The molecule has 2 heterocycles. The first-order valence-corrected chi connectivity index (χ1v) is 10.6. The third-order valence-corrected chi connectivity index (χ3v) is 6.06. The molecule has 0 fully saturated rings. The highest BCUT2D eigenvalue weighted by molar-refractivity contribution is 8.00. The van der Waals surface area contributed by atoms with Gasteiger partial charge in [0.1, 0.15) is 16.8 Å². The lowest BCUT2D eigenvalue weighted by Gasteiger charge is -2.33. The molecule has 30 heavy (non-hydrogen) atoms. The van der Waals surface area contributed by atoms with Crippen molar-refractivity contribution in [1.29, 1.82) is 0 Å². The van der Waals surface area contributed by atoms with Crippen LogP contribution in [0.25, 0.3) is 0 Å². The van der Waals surface area contributed by atoms with E-state index in [2.05, 4.69) is 27.9 Å². The van der Waals surface area contributed by atoms with Crippen LogP contribution in [-0.2, 0) is 11.2 Å². The van der Waals surface area contributed by atoms with Crippen molar-refractivity contribution < 1.29 is 13.9 Å². The fourth-order valence-electron chi connectivity index (χ4n) is 3.31. The number of fused-ring (bicyclic) bond motifs is 1. The summed E-state index contributed by atoms with van der Waals surface area (Å²) in [6, 6.07) is 13.3. The van der Waals surface area contributed by atoms with Crippen LogP contribution in [0.3, 0.4) is 0 Å². The van der Waals surface area contributed by atoms with Gasteiger partial charge in [-0.25, -0.2) is 9.07 Å². The second kappa shape index (κ2) is 8.74. The molecule has 7 nitrogen and oxygen atoms in total. The number of aryl methyl sites for hydroxylation is 1. The number of ether oxygens (including phenoxy) is 1. The highest BCUT2D eigenvalue weighted by atomic mass is 32.2. The summed E-state index contributed by atoms with van der Waals surface area (Å²) in [6.07, 6.45) is 1.69. The number of hydrogen-bond acceptors (Lipinski definition) is 6. The lowest BCUT2D eigenvalue weighted by Crippen LogP contribution is -2.41. The first kappa shape index (κ1) is 20.2. The van der Waals surface area contributed by atoms with E-state index in [0.717, 1.165) is 30.0 Å². The van der Waals surface area contributed by atoms with Crippen molar-refractivity contribution in [3.05, 3.63) is 65.7 Å². The molecule has 0 saturated carbocycles. The molecule has 4 rings (SSSR count). The number of thioether (sulfide) groups is 1. The number of aromatic nitrogens is 3. The van der Waals surface area contributed by atoms with Crippen molar-refractivity contribution in [1.82, 2.24) is 14.9 Å². The standard InChI is InChI=1S/C21H22FN5O2S/c1-3-6-17-24-25-21-27(17)26-18(13-9-11-14(29-2)12-10-13)19(30-21)20(28)23-16-8-5-4-7-15(16)22/h4-5,7-12,18-19,26H,3,6H2,1-2H3,(H,23,28)/t18-,19-/m1/s1. The van der Waals surface area contributed by atoms with Gasteiger partial charge in [-0.2, -0.15) is 0 Å². The first-order valence-electron chi connectivity index (χ1n) is 9.67. The zero-order valence-electron chi connectivity index (χ0n) is 16.6. The summed E-state index contributed by atoms with van der Waals surface area (Å²) in [6.45, 7) is 2.07. The van der Waals surface area contributed by atoms with E-state index >= 15 is 0 Å². The third-order valence-electron chi connectivity index (χ3n) is 4.84. The van der Waals surface area contributed by atoms with Gasteiger partial charge in [-0.1, -0.05) is 43.0 Å². The molecule has 2 aromatic carbocycles. The second-order valence-corrected chi connectivity index (χ2v) is 7.98. The van der Waals surface area contributed by atoms with Crippen molar-refractivity contribution in [2.24, 2.45) is 0 Å².